The minimum atomic E-state index is 0.0336. The Morgan fingerprint density at radius 1 is 0.727 bits per heavy atom. The smallest absolute Gasteiger partial charge is 0.223 e. The summed E-state index contributed by atoms with van der Waals surface area (Å²) in [7, 11) is 0. The summed E-state index contributed by atoms with van der Waals surface area (Å²) in [6, 6.07) is 20.7. The molecule has 2 fully saturated rings. The highest BCUT2D eigenvalue weighted by Gasteiger charge is 2.34. The van der Waals surface area contributed by atoms with E-state index in [2.05, 4.69) is 69.5 Å². The molecule has 2 aromatic rings. The fourth-order valence-electron chi connectivity index (χ4n) is 3.96. The first-order valence-electron chi connectivity index (χ1n) is 12.4. The van der Waals surface area contributed by atoms with Crippen molar-refractivity contribution >= 4 is 11.8 Å². The summed E-state index contributed by atoms with van der Waals surface area (Å²) in [6.07, 6.45) is 4.23. The predicted octanol–water partition coefficient (Wildman–Crippen LogP) is 6.21. The first-order chi connectivity index (χ1) is 15.7. The van der Waals surface area contributed by atoms with Crippen LogP contribution in [-0.2, 0) is 9.59 Å². The number of rotatable bonds is 7. The Labute approximate surface area is 199 Å². The van der Waals surface area contributed by atoms with Crippen LogP contribution in [0.3, 0.4) is 0 Å². The third-order valence-corrected chi connectivity index (χ3v) is 6.30. The standard InChI is InChI=1S/C15H21NO.C14H19NO/c1-15(2,3)13(11-7-5-4-6-8-11)16-14(17)12-9-10-12;1-10(2)13(11-6-4-3-5-7-11)15-14(16)12-8-9-12/h4-8,12-13H,9-10H2,1-3H3,(H,16,17);3-7,10,12-13H,8-9H2,1-2H3,(H,15,16)/t2*13-/m10/s1. The van der Waals surface area contributed by atoms with Crippen LogP contribution in [0.1, 0.15) is 83.5 Å². The molecule has 2 aromatic carbocycles. The van der Waals surface area contributed by atoms with E-state index >= 15 is 0 Å². The van der Waals surface area contributed by atoms with Crippen LogP contribution in [0.5, 0.6) is 0 Å². The molecule has 0 spiro atoms. The number of nitrogens with one attached hydrogen (secondary N) is 2. The molecule has 0 aliphatic heterocycles. The second kappa shape index (κ2) is 11.0. The quantitative estimate of drug-likeness (QED) is 0.529. The van der Waals surface area contributed by atoms with Gasteiger partial charge in [-0.05, 0) is 48.1 Å². The van der Waals surface area contributed by atoms with Crippen molar-refractivity contribution in [2.75, 3.05) is 0 Å². The van der Waals surface area contributed by atoms with Gasteiger partial charge in [0.2, 0.25) is 11.8 Å². The molecule has 4 heteroatoms. The summed E-state index contributed by atoms with van der Waals surface area (Å²) in [5.74, 6) is 1.41. The van der Waals surface area contributed by atoms with E-state index in [4.69, 9.17) is 0 Å². The van der Waals surface area contributed by atoms with Crippen molar-refractivity contribution in [1.82, 2.24) is 10.6 Å². The number of carbonyl (C=O) groups excluding carboxylic acids is 2. The second-order valence-electron chi connectivity index (χ2n) is 10.9. The van der Waals surface area contributed by atoms with Crippen LogP contribution in [0.25, 0.3) is 0 Å². The van der Waals surface area contributed by atoms with E-state index < -0.39 is 0 Å². The molecule has 2 aliphatic rings. The van der Waals surface area contributed by atoms with Gasteiger partial charge in [-0.2, -0.15) is 0 Å². The van der Waals surface area contributed by atoms with Crippen LogP contribution in [-0.4, -0.2) is 11.8 Å². The van der Waals surface area contributed by atoms with Gasteiger partial charge in [0, 0.05) is 11.8 Å². The molecule has 0 aromatic heterocycles. The lowest BCUT2D eigenvalue weighted by molar-refractivity contribution is -0.124. The van der Waals surface area contributed by atoms with Crippen LogP contribution in [0.15, 0.2) is 60.7 Å². The Balaban J connectivity index is 0.000000186. The number of carbonyl (C=O) groups is 2. The van der Waals surface area contributed by atoms with Crippen molar-refractivity contribution in [3.8, 4) is 0 Å². The highest BCUT2D eigenvalue weighted by molar-refractivity contribution is 5.81. The summed E-state index contributed by atoms with van der Waals surface area (Å²) < 4.78 is 0. The third kappa shape index (κ3) is 7.73. The normalized spacial score (nSPS) is 17.4. The van der Waals surface area contributed by atoms with Crippen LogP contribution >= 0.6 is 0 Å². The number of hydrogen-bond acceptors (Lipinski definition) is 2. The minimum absolute atomic E-state index is 0.0336. The Kier molecular flexibility index (Phi) is 8.34. The van der Waals surface area contributed by atoms with Gasteiger partial charge in [0.15, 0.2) is 0 Å². The van der Waals surface area contributed by atoms with Crippen molar-refractivity contribution in [1.29, 1.82) is 0 Å². The largest absolute Gasteiger partial charge is 0.349 e. The van der Waals surface area contributed by atoms with E-state index in [1.54, 1.807) is 0 Å². The Hall–Kier alpha value is -2.62. The SMILES string of the molecule is CC(C)(C)[C@H](NC(=O)C1CC1)c1ccccc1.CC(C)[C@H](NC(=O)C1CC1)c1ccccc1. The van der Waals surface area contributed by atoms with Gasteiger partial charge in [-0.1, -0.05) is 95.3 Å². The fourth-order valence-corrected chi connectivity index (χ4v) is 3.96. The zero-order chi connectivity index (χ0) is 24.0. The summed E-state index contributed by atoms with van der Waals surface area (Å²) in [5.41, 5.74) is 2.42. The first-order valence-corrected chi connectivity index (χ1v) is 12.4. The van der Waals surface area contributed by atoms with Gasteiger partial charge in [0.05, 0.1) is 12.1 Å². The molecule has 33 heavy (non-hydrogen) atoms. The van der Waals surface area contributed by atoms with Gasteiger partial charge in [-0.15, -0.1) is 0 Å². The topological polar surface area (TPSA) is 58.2 Å². The summed E-state index contributed by atoms with van der Waals surface area (Å²) >= 11 is 0. The third-order valence-electron chi connectivity index (χ3n) is 6.30. The van der Waals surface area contributed by atoms with E-state index in [-0.39, 0.29) is 41.1 Å². The zero-order valence-corrected chi connectivity index (χ0v) is 20.8. The summed E-state index contributed by atoms with van der Waals surface area (Å²) in [5, 5.41) is 6.35. The van der Waals surface area contributed by atoms with Crippen molar-refractivity contribution in [2.45, 2.75) is 72.4 Å². The van der Waals surface area contributed by atoms with Crippen molar-refractivity contribution in [2.24, 2.45) is 23.2 Å². The van der Waals surface area contributed by atoms with Crippen LogP contribution in [0.2, 0.25) is 0 Å². The van der Waals surface area contributed by atoms with Crippen LogP contribution in [0.4, 0.5) is 0 Å². The molecule has 0 radical (unpaired) electrons. The lowest BCUT2D eigenvalue weighted by Gasteiger charge is -2.32. The van der Waals surface area contributed by atoms with Crippen LogP contribution < -0.4 is 10.6 Å². The summed E-state index contributed by atoms with van der Waals surface area (Å²) in [6.45, 7) is 10.8. The maximum atomic E-state index is 11.9. The number of benzene rings is 2. The fraction of sp³-hybridized carbons (Fsp3) is 0.517. The van der Waals surface area contributed by atoms with Gasteiger partial charge in [-0.3, -0.25) is 9.59 Å². The molecule has 2 N–H and O–H groups in total. The average Bonchev–Trinajstić information content (AvgIpc) is 3.68. The molecule has 2 saturated carbocycles. The molecule has 0 bridgehead atoms. The molecular formula is C29H40N2O2. The van der Waals surface area contributed by atoms with E-state index in [1.807, 2.05) is 36.4 Å². The highest BCUT2D eigenvalue weighted by Crippen LogP contribution is 2.35. The first kappa shape index (κ1) is 25.0. The van der Waals surface area contributed by atoms with E-state index in [1.165, 1.54) is 11.1 Å². The molecule has 4 rings (SSSR count). The molecule has 178 valence electrons. The maximum absolute atomic E-state index is 11.9. The highest BCUT2D eigenvalue weighted by atomic mass is 16.2. The van der Waals surface area contributed by atoms with Gasteiger partial charge >= 0.3 is 0 Å². The lowest BCUT2D eigenvalue weighted by Crippen LogP contribution is -2.37. The molecule has 0 saturated heterocycles. The molecule has 0 heterocycles. The predicted molar refractivity (Wildman–Crippen MR) is 134 cm³/mol. The van der Waals surface area contributed by atoms with Gasteiger partial charge < -0.3 is 10.6 Å². The Morgan fingerprint density at radius 3 is 1.55 bits per heavy atom. The Morgan fingerprint density at radius 2 is 1.15 bits per heavy atom. The zero-order valence-electron chi connectivity index (χ0n) is 20.8. The average molecular weight is 449 g/mol. The molecule has 2 aliphatic carbocycles. The van der Waals surface area contributed by atoms with Gasteiger partial charge in [-0.25, -0.2) is 0 Å². The number of amides is 2. The van der Waals surface area contributed by atoms with Crippen LogP contribution in [0, 0.1) is 23.2 Å². The molecular weight excluding hydrogens is 408 g/mol. The van der Waals surface area contributed by atoms with Crippen molar-refractivity contribution < 1.29 is 9.59 Å². The number of hydrogen-bond donors (Lipinski definition) is 2. The Bertz CT molecular complexity index is 894. The molecule has 2 atom stereocenters. The molecule has 0 unspecified atom stereocenters. The van der Waals surface area contributed by atoms with Gasteiger partial charge in [0.25, 0.3) is 0 Å². The molecule has 2 amide bonds. The second-order valence-corrected chi connectivity index (χ2v) is 10.9. The van der Waals surface area contributed by atoms with Crippen molar-refractivity contribution in [3.63, 3.8) is 0 Å². The monoisotopic (exact) mass is 448 g/mol. The maximum Gasteiger partial charge on any atom is 0.223 e. The van der Waals surface area contributed by atoms with E-state index in [0.29, 0.717) is 5.92 Å². The van der Waals surface area contributed by atoms with Gasteiger partial charge in [0.1, 0.15) is 0 Å². The lowest BCUT2D eigenvalue weighted by atomic mass is 9.82. The summed E-state index contributed by atoms with van der Waals surface area (Å²) in [4.78, 5) is 23.7. The van der Waals surface area contributed by atoms with Crippen molar-refractivity contribution in [3.05, 3.63) is 71.8 Å². The van der Waals surface area contributed by atoms with E-state index in [0.717, 1.165) is 25.7 Å². The van der Waals surface area contributed by atoms with E-state index in [9.17, 15) is 9.59 Å². The minimum Gasteiger partial charge on any atom is -0.349 e. The molecule has 4 nitrogen and oxygen atoms in total.